The van der Waals surface area contributed by atoms with E-state index < -0.39 is 11.7 Å². The minimum absolute atomic E-state index is 0.487. The van der Waals surface area contributed by atoms with Gasteiger partial charge in [0.25, 0.3) is 5.91 Å². The number of para-hydroxylation sites is 1. The third-order valence-corrected chi connectivity index (χ3v) is 1.29. The number of nitrogens with one attached hydrogen (secondary N) is 1. The van der Waals surface area contributed by atoms with Crippen molar-refractivity contribution in [2.24, 2.45) is 0 Å². The van der Waals surface area contributed by atoms with Crippen molar-refractivity contribution >= 4 is 11.6 Å². The van der Waals surface area contributed by atoms with Crippen molar-refractivity contribution in [3.05, 3.63) is 42.7 Å². The molecule has 0 aromatic heterocycles. The van der Waals surface area contributed by atoms with Crippen LogP contribution in [0.15, 0.2) is 42.7 Å². The van der Waals surface area contributed by atoms with Gasteiger partial charge in [-0.05, 0) is 12.1 Å². The Morgan fingerprint density at radius 1 is 1.33 bits per heavy atom. The Morgan fingerprint density at radius 3 is 2.42 bits per heavy atom. The molecular weight excluding hydrogens is 154 g/mol. The van der Waals surface area contributed by atoms with E-state index in [9.17, 15) is 4.79 Å². The summed E-state index contributed by atoms with van der Waals surface area (Å²) in [6.07, 6.45) is 0. The van der Waals surface area contributed by atoms with Crippen LogP contribution in [0.1, 0.15) is 0 Å². The second kappa shape index (κ2) is 3.57. The number of aliphatic hydroxyl groups is 1. The lowest BCUT2D eigenvalue weighted by atomic mass is 10.3. The fourth-order valence-corrected chi connectivity index (χ4v) is 0.725. The van der Waals surface area contributed by atoms with Gasteiger partial charge < -0.3 is 10.4 Å². The van der Waals surface area contributed by atoms with E-state index in [1.807, 2.05) is 6.07 Å². The Morgan fingerprint density at radius 2 is 1.92 bits per heavy atom. The molecule has 0 saturated heterocycles. The number of hydrogen-bond donors (Lipinski definition) is 2. The smallest absolute Gasteiger partial charge is 0.289 e. The lowest BCUT2D eigenvalue weighted by Crippen LogP contribution is -2.12. The number of hydrogen-bond acceptors (Lipinski definition) is 2. The highest BCUT2D eigenvalue weighted by atomic mass is 16.3. The molecule has 1 amide bonds. The zero-order valence-corrected chi connectivity index (χ0v) is 6.45. The molecule has 1 rings (SSSR count). The van der Waals surface area contributed by atoms with Crippen LogP contribution < -0.4 is 5.32 Å². The maximum Gasteiger partial charge on any atom is 0.289 e. The normalized spacial score (nSPS) is 9.00. The Labute approximate surface area is 70.3 Å². The van der Waals surface area contributed by atoms with Crippen LogP contribution in [0.25, 0.3) is 0 Å². The summed E-state index contributed by atoms with van der Waals surface area (Å²) in [7, 11) is 0. The molecule has 1 aromatic carbocycles. The average molecular weight is 163 g/mol. The summed E-state index contributed by atoms with van der Waals surface area (Å²) in [6.45, 7) is 3.09. The third kappa shape index (κ3) is 2.12. The number of aliphatic hydroxyl groups excluding tert-OH is 1. The molecule has 0 radical (unpaired) electrons. The zero-order chi connectivity index (χ0) is 8.97. The van der Waals surface area contributed by atoms with Gasteiger partial charge >= 0.3 is 0 Å². The highest BCUT2D eigenvalue weighted by Gasteiger charge is 2.02. The number of anilines is 1. The molecule has 62 valence electrons. The number of benzene rings is 1. The quantitative estimate of drug-likeness (QED) is 0.515. The fraction of sp³-hybridized carbons (Fsp3) is 0. The first-order valence-electron chi connectivity index (χ1n) is 3.44. The maximum atomic E-state index is 10.9. The minimum Gasteiger partial charge on any atom is -0.503 e. The predicted molar refractivity (Wildman–Crippen MR) is 46.8 cm³/mol. The summed E-state index contributed by atoms with van der Waals surface area (Å²) in [5, 5.41) is 11.1. The SMILES string of the molecule is C=C(O)C(=O)Nc1ccccc1. The van der Waals surface area contributed by atoms with Gasteiger partial charge in [0.2, 0.25) is 0 Å². The van der Waals surface area contributed by atoms with Gasteiger partial charge in [0.15, 0.2) is 5.76 Å². The molecule has 0 aliphatic rings. The Bertz CT molecular complexity index is 293. The van der Waals surface area contributed by atoms with Crippen molar-refractivity contribution in [3.8, 4) is 0 Å². The monoisotopic (exact) mass is 163 g/mol. The van der Waals surface area contributed by atoms with Gasteiger partial charge in [0.05, 0.1) is 0 Å². The summed E-state index contributed by atoms with van der Waals surface area (Å²) in [5.41, 5.74) is 0.637. The molecule has 0 saturated carbocycles. The molecular formula is C9H9NO2. The van der Waals surface area contributed by atoms with Crippen LogP contribution in [0.4, 0.5) is 5.69 Å². The van der Waals surface area contributed by atoms with Gasteiger partial charge in [-0.1, -0.05) is 24.8 Å². The lowest BCUT2D eigenvalue weighted by Gasteiger charge is -2.01. The van der Waals surface area contributed by atoms with E-state index in [4.69, 9.17) is 5.11 Å². The standard InChI is InChI=1S/C9H9NO2/c1-7(11)9(12)10-8-5-3-2-4-6-8/h2-6,11H,1H2,(H,10,12). The van der Waals surface area contributed by atoms with E-state index in [0.29, 0.717) is 5.69 Å². The zero-order valence-electron chi connectivity index (χ0n) is 6.45. The van der Waals surface area contributed by atoms with Gasteiger partial charge in [-0.15, -0.1) is 0 Å². The molecule has 0 fully saturated rings. The molecule has 0 spiro atoms. The predicted octanol–water partition coefficient (Wildman–Crippen LogP) is 1.70. The van der Waals surface area contributed by atoms with Crippen molar-refractivity contribution in [2.75, 3.05) is 5.32 Å². The second-order valence-electron chi connectivity index (χ2n) is 2.27. The van der Waals surface area contributed by atoms with Gasteiger partial charge in [0, 0.05) is 5.69 Å². The first-order valence-corrected chi connectivity index (χ1v) is 3.44. The van der Waals surface area contributed by atoms with Crippen LogP contribution in [0.3, 0.4) is 0 Å². The summed E-state index contributed by atoms with van der Waals surface area (Å²) >= 11 is 0. The van der Waals surface area contributed by atoms with E-state index >= 15 is 0 Å². The molecule has 0 heterocycles. The molecule has 0 atom stereocenters. The largest absolute Gasteiger partial charge is 0.503 e. The van der Waals surface area contributed by atoms with E-state index in [-0.39, 0.29) is 0 Å². The maximum absolute atomic E-state index is 10.9. The molecule has 2 N–H and O–H groups in total. The summed E-state index contributed by atoms with van der Waals surface area (Å²) < 4.78 is 0. The number of carbonyl (C=O) groups excluding carboxylic acids is 1. The van der Waals surface area contributed by atoms with Crippen molar-refractivity contribution < 1.29 is 9.90 Å². The summed E-state index contributed by atoms with van der Waals surface area (Å²) in [5.74, 6) is -1.07. The highest BCUT2D eigenvalue weighted by Crippen LogP contribution is 2.05. The van der Waals surface area contributed by atoms with Crippen LogP contribution in [0, 0.1) is 0 Å². The topological polar surface area (TPSA) is 49.3 Å². The van der Waals surface area contributed by atoms with E-state index in [1.54, 1.807) is 24.3 Å². The van der Waals surface area contributed by atoms with Crippen LogP contribution in [0.5, 0.6) is 0 Å². The molecule has 3 nitrogen and oxygen atoms in total. The fourth-order valence-electron chi connectivity index (χ4n) is 0.725. The van der Waals surface area contributed by atoms with E-state index in [0.717, 1.165) is 0 Å². The van der Waals surface area contributed by atoms with Crippen molar-refractivity contribution in [1.82, 2.24) is 0 Å². The minimum atomic E-state index is -0.582. The molecule has 0 bridgehead atoms. The molecule has 3 heteroatoms. The van der Waals surface area contributed by atoms with E-state index in [1.165, 1.54) is 0 Å². The highest BCUT2D eigenvalue weighted by molar-refractivity contribution is 6.01. The third-order valence-electron chi connectivity index (χ3n) is 1.29. The lowest BCUT2D eigenvalue weighted by molar-refractivity contribution is -0.115. The summed E-state index contributed by atoms with van der Waals surface area (Å²) in [4.78, 5) is 10.9. The van der Waals surface area contributed by atoms with Crippen LogP contribution >= 0.6 is 0 Å². The molecule has 0 unspecified atom stereocenters. The van der Waals surface area contributed by atoms with Crippen molar-refractivity contribution in [2.45, 2.75) is 0 Å². The number of rotatable bonds is 2. The number of amides is 1. The second-order valence-corrected chi connectivity index (χ2v) is 2.27. The molecule has 1 aromatic rings. The number of carbonyl (C=O) groups is 1. The van der Waals surface area contributed by atoms with Crippen LogP contribution in [0.2, 0.25) is 0 Å². The van der Waals surface area contributed by atoms with Crippen LogP contribution in [-0.2, 0) is 4.79 Å². The van der Waals surface area contributed by atoms with Gasteiger partial charge in [-0.3, -0.25) is 4.79 Å². The first-order chi connectivity index (χ1) is 5.70. The van der Waals surface area contributed by atoms with Crippen molar-refractivity contribution in [3.63, 3.8) is 0 Å². The molecule has 12 heavy (non-hydrogen) atoms. The van der Waals surface area contributed by atoms with Crippen LogP contribution in [-0.4, -0.2) is 11.0 Å². The Kier molecular flexibility index (Phi) is 2.48. The van der Waals surface area contributed by atoms with Gasteiger partial charge in [0.1, 0.15) is 0 Å². The Balaban J connectivity index is 2.65. The van der Waals surface area contributed by atoms with E-state index in [2.05, 4.69) is 11.9 Å². The summed E-state index contributed by atoms with van der Waals surface area (Å²) in [6, 6.07) is 8.86. The van der Waals surface area contributed by atoms with Gasteiger partial charge in [-0.25, -0.2) is 0 Å². The average Bonchev–Trinajstić information content (AvgIpc) is 2.06. The molecule has 0 aliphatic heterocycles. The molecule has 0 aliphatic carbocycles. The first kappa shape index (κ1) is 8.33. The Hall–Kier alpha value is -1.77. The van der Waals surface area contributed by atoms with Crippen molar-refractivity contribution in [1.29, 1.82) is 0 Å². The van der Waals surface area contributed by atoms with Gasteiger partial charge in [-0.2, -0.15) is 0 Å².